The number of Topliss-reactive ketones (excluding diaryl/α,β-unsaturated/α-hetero) is 1. The number of carbonyl (C=O) groups is 1. The van der Waals surface area contributed by atoms with Crippen molar-refractivity contribution in [3.63, 3.8) is 0 Å². The molecule has 0 heterocycles. The maximum absolute atomic E-state index is 11.0. The lowest BCUT2D eigenvalue weighted by Gasteiger charge is -2.26. The summed E-state index contributed by atoms with van der Waals surface area (Å²) in [6.07, 6.45) is 0. The Balaban J connectivity index is 2.85. The zero-order chi connectivity index (χ0) is 14.5. The first-order valence-electron chi connectivity index (χ1n) is 6.33. The van der Waals surface area contributed by atoms with E-state index in [9.17, 15) is 4.79 Å². The summed E-state index contributed by atoms with van der Waals surface area (Å²) in [5, 5.41) is 3.17. The van der Waals surface area contributed by atoms with E-state index in [4.69, 9.17) is 9.47 Å². The van der Waals surface area contributed by atoms with Crippen LogP contribution in [0.15, 0.2) is 18.2 Å². The Morgan fingerprint density at radius 1 is 1.21 bits per heavy atom. The van der Waals surface area contributed by atoms with E-state index in [1.807, 2.05) is 18.2 Å². The second-order valence-corrected chi connectivity index (χ2v) is 5.26. The summed E-state index contributed by atoms with van der Waals surface area (Å²) >= 11 is 0. The zero-order valence-corrected chi connectivity index (χ0v) is 12.4. The third kappa shape index (κ3) is 4.24. The molecule has 4 nitrogen and oxygen atoms in total. The van der Waals surface area contributed by atoms with Crippen molar-refractivity contribution in [3.8, 4) is 11.5 Å². The van der Waals surface area contributed by atoms with Crippen LogP contribution in [0.1, 0.15) is 26.3 Å². The van der Waals surface area contributed by atoms with Crippen LogP contribution in [0, 0.1) is 0 Å². The van der Waals surface area contributed by atoms with Gasteiger partial charge in [-0.1, -0.05) is 19.9 Å². The number of ether oxygens (including phenoxy) is 2. The molecule has 0 radical (unpaired) electrons. The van der Waals surface area contributed by atoms with E-state index >= 15 is 0 Å². The molecule has 0 atom stereocenters. The molecule has 0 aliphatic rings. The van der Waals surface area contributed by atoms with Gasteiger partial charge in [0.15, 0.2) is 11.5 Å². The lowest BCUT2D eigenvalue weighted by atomic mass is 9.84. The third-order valence-corrected chi connectivity index (χ3v) is 3.11. The predicted octanol–water partition coefficient (Wildman–Crippen LogP) is 2.16. The van der Waals surface area contributed by atoms with Crippen molar-refractivity contribution in [1.29, 1.82) is 0 Å². The molecule has 0 aromatic heterocycles. The standard InChI is InChI=1S/C15H23NO3/c1-11(17)9-16-10-15(2,3)12-6-7-13(18-4)14(8-12)19-5/h6-8,16H,9-10H2,1-5H3. The minimum atomic E-state index is -0.0883. The van der Waals surface area contributed by atoms with Crippen molar-refractivity contribution in [2.75, 3.05) is 27.3 Å². The van der Waals surface area contributed by atoms with Crippen LogP contribution in [0.4, 0.5) is 0 Å². The summed E-state index contributed by atoms with van der Waals surface area (Å²) in [4.78, 5) is 11.0. The van der Waals surface area contributed by atoms with E-state index in [-0.39, 0.29) is 11.2 Å². The average Bonchev–Trinajstić information content (AvgIpc) is 2.37. The third-order valence-electron chi connectivity index (χ3n) is 3.11. The molecule has 1 aromatic carbocycles. The first kappa shape index (κ1) is 15.5. The van der Waals surface area contributed by atoms with Crippen LogP contribution in [0.25, 0.3) is 0 Å². The van der Waals surface area contributed by atoms with Gasteiger partial charge in [-0.2, -0.15) is 0 Å². The topological polar surface area (TPSA) is 47.6 Å². The number of benzene rings is 1. The summed E-state index contributed by atoms with van der Waals surface area (Å²) in [5.74, 6) is 1.58. The highest BCUT2D eigenvalue weighted by atomic mass is 16.5. The molecule has 1 rings (SSSR count). The molecule has 0 fully saturated rings. The van der Waals surface area contributed by atoms with Crippen molar-refractivity contribution in [1.82, 2.24) is 5.32 Å². The van der Waals surface area contributed by atoms with E-state index < -0.39 is 0 Å². The first-order valence-corrected chi connectivity index (χ1v) is 6.33. The molecular weight excluding hydrogens is 242 g/mol. The van der Waals surface area contributed by atoms with Crippen molar-refractivity contribution in [3.05, 3.63) is 23.8 Å². The van der Waals surface area contributed by atoms with E-state index in [2.05, 4.69) is 19.2 Å². The summed E-state index contributed by atoms with van der Waals surface area (Å²) < 4.78 is 10.5. The van der Waals surface area contributed by atoms with Gasteiger partial charge in [0.2, 0.25) is 0 Å². The Morgan fingerprint density at radius 3 is 2.37 bits per heavy atom. The fraction of sp³-hybridized carbons (Fsp3) is 0.533. The number of hydrogen-bond donors (Lipinski definition) is 1. The Bertz CT molecular complexity index is 441. The number of methoxy groups -OCH3 is 2. The van der Waals surface area contributed by atoms with Crippen LogP contribution in [0.2, 0.25) is 0 Å². The van der Waals surface area contributed by atoms with Crippen molar-refractivity contribution < 1.29 is 14.3 Å². The second-order valence-electron chi connectivity index (χ2n) is 5.26. The van der Waals surface area contributed by atoms with Crippen LogP contribution in [-0.4, -0.2) is 33.1 Å². The maximum atomic E-state index is 11.0. The molecule has 1 aromatic rings. The molecule has 0 saturated carbocycles. The van der Waals surface area contributed by atoms with Gasteiger partial charge in [0.1, 0.15) is 5.78 Å². The van der Waals surface area contributed by atoms with Gasteiger partial charge in [-0.3, -0.25) is 4.79 Å². The van der Waals surface area contributed by atoms with E-state index in [1.54, 1.807) is 21.1 Å². The summed E-state index contributed by atoms with van der Waals surface area (Å²) in [6, 6.07) is 5.91. The van der Waals surface area contributed by atoms with E-state index in [0.717, 1.165) is 23.6 Å². The molecular formula is C15H23NO3. The second kappa shape index (κ2) is 6.57. The van der Waals surface area contributed by atoms with Gasteiger partial charge in [-0.25, -0.2) is 0 Å². The highest BCUT2D eigenvalue weighted by Crippen LogP contribution is 2.32. The van der Waals surface area contributed by atoms with Gasteiger partial charge in [-0.05, 0) is 24.6 Å². The quantitative estimate of drug-likeness (QED) is 0.820. The highest BCUT2D eigenvalue weighted by Gasteiger charge is 2.22. The number of nitrogens with one attached hydrogen (secondary N) is 1. The summed E-state index contributed by atoms with van der Waals surface area (Å²) in [6.45, 7) is 6.96. The fourth-order valence-corrected chi connectivity index (χ4v) is 1.91. The van der Waals surface area contributed by atoms with Crippen LogP contribution in [0.5, 0.6) is 11.5 Å². The molecule has 19 heavy (non-hydrogen) atoms. The number of hydrogen-bond acceptors (Lipinski definition) is 4. The smallest absolute Gasteiger partial charge is 0.161 e. The summed E-state index contributed by atoms with van der Waals surface area (Å²) in [5.41, 5.74) is 1.05. The van der Waals surface area contributed by atoms with Crippen molar-refractivity contribution in [2.45, 2.75) is 26.2 Å². The molecule has 4 heteroatoms. The number of carbonyl (C=O) groups excluding carboxylic acids is 1. The highest BCUT2D eigenvalue weighted by molar-refractivity contribution is 5.77. The molecule has 106 valence electrons. The molecule has 0 spiro atoms. The number of ketones is 1. The SMILES string of the molecule is COc1ccc(C(C)(C)CNCC(C)=O)cc1OC. The Hall–Kier alpha value is -1.55. The Kier molecular flexibility index (Phi) is 5.36. The van der Waals surface area contributed by atoms with E-state index in [1.165, 1.54) is 0 Å². The van der Waals surface area contributed by atoms with Gasteiger partial charge >= 0.3 is 0 Å². The predicted molar refractivity (Wildman–Crippen MR) is 76.1 cm³/mol. The average molecular weight is 265 g/mol. The van der Waals surface area contributed by atoms with Gasteiger partial charge < -0.3 is 14.8 Å². The van der Waals surface area contributed by atoms with Crippen molar-refractivity contribution >= 4 is 5.78 Å². The monoisotopic (exact) mass is 265 g/mol. The molecule has 0 unspecified atom stereocenters. The molecule has 1 N–H and O–H groups in total. The van der Waals surface area contributed by atoms with Gasteiger partial charge in [0.25, 0.3) is 0 Å². The van der Waals surface area contributed by atoms with Crippen LogP contribution in [-0.2, 0) is 10.2 Å². The molecule has 0 bridgehead atoms. The zero-order valence-electron chi connectivity index (χ0n) is 12.4. The molecule has 0 aliphatic carbocycles. The van der Waals surface area contributed by atoms with E-state index in [0.29, 0.717) is 6.54 Å². The minimum absolute atomic E-state index is 0.0883. The molecule has 0 aliphatic heterocycles. The molecule has 0 amide bonds. The summed E-state index contributed by atoms with van der Waals surface area (Å²) in [7, 11) is 3.25. The van der Waals surface area contributed by atoms with Gasteiger partial charge in [-0.15, -0.1) is 0 Å². The minimum Gasteiger partial charge on any atom is -0.493 e. The van der Waals surface area contributed by atoms with Gasteiger partial charge in [0, 0.05) is 12.0 Å². The fourth-order valence-electron chi connectivity index (χ4n) is 1.91. The lowest BCUT2D eigenvalue weighted by Crippen LogP contribution is -2.35. The maximum Gasteiger partial charge on any atom is 0.161 e. The van der Waals surface area contributed by atoms with Crippen molar-refractivity contribution in [2.24, 2.45) is 0 Å². The molecule has 0 saturated heterocycles. The largest absolute Gasteiger partial charge is 0.493 e. The lowest BCUT2D eigenvalue weighted by molar-refractivity contribution is -0.116. The Morgan fingerprint density at radius 2 is 1.84 bits per heavy atom. The normalized spacial score (nSPS) is 11.2. The van der Waals surface area contributed by atoms with Crippen LogP contribution < -0.4 is 14.8 Å². The van der Waals surface area contributed by atoms with Crippen LogP contribution >= 0.6 is 0 Å². The Labute approximate surface area is 115 Å². The van der Waals surface area contributed by atoms with Crippen LogP contribution in [0.3, 0.4) is 0 Å². The first-order chi connectivity index (χ1) is 8.90. The van der Waals surface area contributed by atoms with Gasteiger partial charge in [0.05, 0.1) is 20.8 Å². The number of rotatable bonds is 7.